The van der Waals surface area contributed by atoms with Gasteiger partial charge in [-0.2, -0.15) is 0 Å². The maximum absolute atomic E-state index is 13.2. The van der Waals surface area contributed by atoms with E-state index >= 15 is 0 Å². The summed E-state index contributed by atoms with van der Waals surface area (Å²) in [4.78, 5) is 27.0. The summed E-state index contributed by atoms with van der Waals surface area (Å²) in [5.41, 5.74) is 0.697. The largest absolute Gasteiger partial charge is 0.455 e. The zero-order valence-corrected chi connectivity index (χ0v) is 21.6. The van der Waals surface area contributed by atoms with Crippen molar-refractivity contribution in [3.8, 4) is 0 Å². The minimum atomic E-state index is -0.770. The summed E-state index contributed by atoms with van der Waals surface area (Å²) in [5.74, 6) is -1.35. The minimum Gasteiger partial charge on any atom is -0.455 e. The molecule has 0 saturated heterocycles. The van der Waals surface area contributed by atoms with Gasteiger partial charge >= 0.3 is 5.97 Å². The van der Waals surface area contributed by atoms with Gasteiger partial charge in [0.2, 0.25) is 5.91 Å². The molecule has 0 aromatic heterocycles. The molecule has 6 nitrogen and oxygen atoms in total. The molecule has 2 aromatic rings. The fraction of sp³-hybridized carbons (Fsp3) is 0.370. The first kappa shape index (κ1) is 28.2. The molecule has 0 spiro atoms. The number of esters is 1. The lowest BCUT2D eigenvalue weighted by Crippen LogP contribution is -2.41. The van der Waals surface area contributed by atoms with Gasteiger partial charge in [0.1, 0.15) is 17.1 Å². The van der Waals surface area contributed by atoms with Crippen LogP contribution >= 0.6 is 11.6 Å². The van der Waals surface area contributed by atoms with E-state index in [9.17, 15) is 14.0 Å². The number of likely N-dealkylation sites (N-methyl/N-ethyl adjacent to an activating group) is 1. The van der Waals surface area contributed by atoms with Crippen molar-refractivity contribution >= 4 is 35.3 Å². The molecular weight excluding hydrogens is 469 g/mol. The summed E-state index contributed by atoms with van der Waals surface area (Å²) in [6, 6.07) is 11.2. The third kappa shape index (κ3) is 9.26. The van der Waals surface area contributed by atoms with Crippen LogP contribution in [-0.4, -0.2) is 47.2 Å². The molecule has 2 N–H and O–H groups in total. The van der Waals surface area contributed by atoms with Crippen LogP contribution < -0.4 is 5.32 Å². The first-order valence-electron chi connectivity index (χ1n) is 11.5. The molecule has 0 radical (unpaired) electrons. The Kier molecular flexibility index (Phi) is 10.2. The molecule has 188 valence electrons. The Hall–Kier alpha value is -3.03. The predicted molar refractivity (Wildman–Crippen MR) is 138 cm³/mol. The number of benzene rings is 2. The van der Waals surface area contributed by atoms with Crippen molar-refractivity contribution in [3.63, 3.8) is 0 Å². The molecule has 0 aliphatic carbocycles. The number of amides is 1. The van der Waals surface area contributed by atoms with E-state index in [1.54, 1.807) is 51.1 Å². The Morgan fingerprint density at radius 3 is 2.46 bits per heavy atom. The molecule has 0 saturated carbocycles. The van der Waals surface area contributed by atoms with E-state index in [0.29, 0.717) is 23.7 Å². The smallest absolute Gasteiger partial charge is 0.357 e. The second kappa shape index (κ2) is 12.6. The van der Waals surface area contributed by atoms with Crippen molar-refractivity contribution in [2.45, 2.75) is 52.8 Å². The molecule has 2 rings (SSSR count). The number of nitrogens with one attached hydrogen (secondary N) is 2. The van der Waals surface area contributed by atoms with Crippen molar-refractivity contribution in [1.29, 1.82) is 5.41 Å². The van der Waals surface area contributed by atoms with Crippen LogP contribution in [0.5, 0.6) is 0 Å². The standard InChI is InChI=1S/C27H33ClFN3O3/c1-6-32(17-19-7-12-22(29)13-8-19)18(2)16-31-24(33)14-10-20-9-11-21(28)15-23(20)25(30)26(34)35-27(3,4)5/h7-15,18,30H,6,16-17H2,1-5H3,(H,31,33)/b14-10+,30-25?. The van der Waals surface area contributed by atoms with Crippen LogP contribution in [0.25, 0.3) is 6.08 Å². The zero-order valence-electron chi connectivity index (χ0n) is 20.8. The maximum Gasteiger partial charge on any atom is 0.357 e. The Bertz CT molecular complexity index is 1080. The summed E-state index contributed by atoms with van der Waals surface area (Å²) in [7, 11) is 0. The fourth-order valence-corrected chi connectivity index (χ4v) is 3.51. The van der Waals surface area contributed by atoms with Crippen molar-refractivity contribution in [1.82, 2.24) is 10.2 Å². The highest BCUT2D eigenvalue weighted by molar-refractivity contribution is 6.43. The maximum atomic E-state index is 13.2. The van der Waals surface area contributed by atoms with Gasteiger partial charge in [-0.25, -0.2) is 9.18 Å². The average molecular weight is 502 g/mol. The summed E-state index contributed by atoms with van der Waals surface area (Å²) in [6.45, 7) is 11.0. The molecule has 1 atom stereocenters. The van der Waals surface area contributed by atoms with Crippen LogP contribution in [0.3, 0.4) is 0 Å². The summed E-state index contributed by atoms with van der Waals surface area (Å²) in [5, 5.41) is 11.5. The number of carbonyl (C=O) groups is 2. The van der Waals surface area contributed by atoms with Crippen LogP contribution in [0.4, 0.5) is 4.39 Å². The van der Waals surface area contributed by atoms with Crippen molar-refractivity contribution in [2.75, 3.05) is 13.1 Å². The van der Waals surface area contributed by atoms with Gasteiger partial charge in [0.25, 0.3) is 0 Å². The summed E-state index contributed by atoms with van der Waals surface area (Å²) >= 11 is 6.08. The third-order valence-electron chi connectivity index (χ3n) is 5.20. The van der Waals surface area contributed by atoms with E-state index in [1.807, 2.05) is 13.8 Å². The number of rotatable bonds is 10. The van der Waals surface area contributed by atoms with Crippen LogP contribution in [0, 0.1) is 11.2 Å². The van der Waals surface area contributed by atoms with Gasteiger partial charge in [0.05, 0.1) is 0 Å². The van der Waals surface area contributed by atoms with Crippen LogP contribution in [-0.2, 0) is 20.9 Å². The Morgan fingerprint density at radius 2 is 1.86 bits per heavy atom. The predicted octanol–water partition coefficient (Wildman–Crippen LogP) is 5.23. The van der Waals surface area contributed by atoms with Crippen molar-refractivity contribution in [2.24, 2.45) is 0 Å². The lowest BCUT2D eigenvalue weighted by Gasteiger charge is -2.28. The van der Waals surface area contributed by atoms with Crippen LogP contribution in [0.15, 0.2) is 48.5 Å². The molecule has 0 bridgehead atoms. The first-order chi connectivity index (χ1) is 16.4. The van der Waals surface area contributed by atoms with E-state index in [0.717, 1.165) is 12.1 Å². The molecule has 1 unspecified atom stereocenters. The summed E-state index contributed by atoms with van der Waals surface area (Å²) < 4.78 is 18.4. The lowest BCUT2D eigenvalue weighted by atomic mass is 10.0. The first-order valence-corrected chi connectivity index (χ1v) is 11.8. The van der Waals surface area contributed by atoms with E-state index in [1.165, 1.54) is 24.3 Å². The number of nitrogens with zero attached hydrogens (tertiary/aromatic N) is 1. The van der Waals surface area contributed by atoms with E-state index in [-0.39, 0.29) is 29.0 Å². The topological polar surface area (TPSA) is 82.5 Å². The minimum absolute atomic E-state index is 0.0499. The van der Waals surface area contributed by atoms with Crippen LogP contribution in [0.2, 0.25) is 5.02 Å². The number of hydrogen-bond acceptors (Lipinski definition) is 5. The highest BCUT2D eigenvalue weighted by atomic mass is 35.5. The van der Waals surface area contributed by atoms with Gasteiger partial charge in [-0.3, -0.25) is 15.1 Å². The van der Waals surface area contributed by atoms with Crippen molar-refractivity contribution < 1.29 is 18.7 Å². The quantitative estimate of drug-likeness (QED) is 0.265. The normalized spacial score (nSPS) is 12.6. The lowest BCUT2D eigenvalue weighted by molar-refractivity contribution is -0.146. The van der Waals surface area contributed by atoms with Crippen LogP contribution in [0.1, 0.15) is 51.3 Å². The monoisotopic (exact) mass is 501 g/mol. The van der Waals surface area contributed by atoms with Gasteiger partial charge in [0.15, 0.2) is 0 Å². The Balaban J connectivity index is 2.02. The van der Waals surface area contributed by atoms with Gasteiger partial charge in [-0.15, -0.1) is 0 Å². The highest BCUT2D eigenvalue weighted by Crippen LogP contribution is 2.20. The van der Waals surface area contributed by atoms with Gasteiger partial charge < -0.3 is 10.1 Å². The highest BCUT2D eigenvalue weighted by Gasteiger charge is 2.23. The second-order valence-electron chi connectivity index (χ2n) is 9.23. The van der Waals surface area contributed by atoms with Gasteiger partial charge in [-0.1, -0.05) is 36.7 Å². The van der Waals surface area contributed by atoms with E-state index in [4.69, 9.17) is 21.7 Å². The molecule has 0 aliphatic rings. The Morgan fingerprint density at radius 1 is 1.20 bits per heavy atom. The molecule has 1 amide bonds. The molecular formula is C27H33ClFN3O3. The Labute approximate surface area is 211 Å². The average Bonchev–Trinajstić information content (AvgIpc) is 2.79. The van der Waals surface area contributed by atoms with Gasteiger partial charge in [0, 0.05) is 35.8 Å². The SMILES string of the molecule is CCN(Cc1ccc(F)cc1)C(C)CNC(=O)/C=C/c1ccc(Cl)cc1C(=N)C(=O)OC(C)(C)C. The molecule has 35 heavy (non-hydrogen) atoms. The molecule has 2 aromatic carbocycles. The number of carbonyl (C=O) groups excluding carboxylic acids is 2. The number of hydrogen-bond donors (Lipinski definition) is 2. The van der Waals surface area contributed by atoms with E-state index < -0.39 is 11.6 Å². The number of halogens is 2. The van der Waals surface area contributed by atoms with E-state index in [2.05, 4.69) is 10.2 Å². The molecule has 0 aliphatic heterocycles. The summed E-state index contributed by atoms with van der Waals surface area (Å²) in [6.07, 6.45) is 2.90. The second-order valence-corrected chi connectivity index (χ2v) is 9.66. The van der Waals surface area contributed by atoms with Crippen molar-refractivity contribution in [3.05, 3.63) is 76.1 Å². The number of ether oxygens (including phenoxy) is 1. The molecule has 0 heterocycles. The fourth-order valence-electron chi connectivity index (χ4n) is 3.33. The zero-order chi connectivity index (χ0) is 26.2. The molecule has 8 heteroatoms. The third-order valence-corrected chi connectivity index (χ3v) is 5.44. The molecule has 0 fully saturated rings. The van der Waals surface area contributed by atoms with Gasteiger partial charge in [-0.05, 0) is 75.7 Å².